The number of thiazole rings is 1. The maximum atomic E-state index is 5.46. The predicted molar refractivity (Wildman–Crippen MR) is 33.6 cm³/mol. The molecule has 0 spiro atoms. The molecule has 0 radical (unpaired) electrons. The van der Waals surface area contributed by atoms with Crippen LogP contribution in [0.1, 0.15) is 0 Å². The summed E-state index contributed by atoms with van der Waals surface area (Å²) in [5.74, 6) is 0. The molecular weight excluding hydrogens is 169 g/mol. The van der Waals surface area contributed by atoms with Crippen LogP contribution in [0.4, 0.5) is 0 Å². The summed E-state index contributed by atoms with van der Waals surface area (Å²) in [5.41, 5.74) is 0. The van der Waals surface area contributed by atoms with Crippen LogP contribution < -0.4 is 4.29 Å². The highest BCUT2D eigenvalue weighted by Gasteiger charge is 1.96. The Morgan fingerprint density at radius 1 is 1.75 bits per heavy atom. The van der Waals surface area contributed by atoms with Gasteiger partial charge in [0.1, 0.15) is 16.2 Å². The molecule has 44 valence electrons. The highest BCUT2D eigenvalue weighted by molar-refractivity contribution is 7.17. The molecule has 0 saturated heterocycles. The molecule has 0 bridgehead atoms. The fourth-order valence-corrected chi connectivity index (χ4v) is 1.07. The van der Waals surface area contributed by atoms with Crippen LogP contribution in [0.25, 0.3) is 0 Å². The second-order valence-electron chi connectivity index (χ2n) is 1.01. The molecular formula is C3HCl2NOS. The van der Waals surface area contributed by atoms with Gasteiger partial charge in [0.25, 0.3) is 5.19 Å². The zero-order valence-corrected chi connectivity index (χ0v) is 5.93. The lowest BCUT2D eigenvalue weighted by molar-refractivity contribution is 0.612. The molecule has 2 nitrogen and oxygen atoms in total. The van der Waals surface area contributed by atoms with Crippen molar-refractivity contribution in [2.24, 2.45) is 0 Å². The van der Waals surface area contributed by atoms with E-state index in [1.54, 1.807) is 0 Å². The van der Waals surface area contributed by atoms with E-state index < -0.39 is 0 Å². The smallest absolute Gasteiger partial charge is 0.295 e. The van der Waals surface area contributed by atoms with Crippen molar-refractivity contribution in [3.63, 3.8) is 0 Å². The molecule has 0 N–H and O–H groups in total. The fourth-order valence-electron chi connectivity index (χ4n) is 0.275. The lowest BCUT2D eigenvalue weighted by Gasteiger charge is -1.78. The minimum atomic E-state index is 0.372. The summed E-state index contributed by atoms with van der Waals surface area (Å²) < 4.78 is 4.80. The maximum Gasteiger partial charge on any atom is 0.295 e. The second kappa shape index (κ2) is 2.53. The third-order valence-corrected chi connectivity index (χ3v) is 1.75. The summed E-state index contributed by atoms with van der Waals surface area (Å²) in [6.07, 6.45) is 1.48. The average Bonchev–Trinajstić information content (AvgIpc) is 2.14. The van der Waals surface area contributed by atoms with Gasteiger partial charge >= 0.3 is 0 Å². The van der Waals surface area contributed by atoms with Crippen molar-refractivity contribution in [2.45, 2.75) is 0 Å². The van der Waals surface area contributed by atoms with Gasteiger partial charge in [0.05, 0.1) is 6.20 Å². The standard InChI is InChI=1S/C3HCl2NOS/c4-2-1-6-3(7-5)8-2/h1H. The minimum absolute atomic E-state index is 0.372. The first-order chi connectivity index (χ1) is 3.83. The topological polar surface area (TPSA) is 22.1 Å². The molecule has 1 heterocycles. The number of hydrogen-bond donors (Lipinski definition) is 0. The molecule has 0 amide bonds. The number of nitrogens with zero attached hydrogens (tertiary/aromatic N) is 1. The van der Waals surface area contributed by atoms with Gasteiger partial charge in [0.15, 0.2) is 0 Å². The summed E-state index contributed by atoms with van der Waals surface area (Å²) in [6.45, 7) is 0. The predicted octanol–water partition coefficient (Wildman–Crippen LogP) is 2.33. The largest absolute Gasteiger partial charge is 0.353 e. The van der Waals surface area contributed by atoms with Crippen LogP contribution in [-0.2, 0) is 0 Å². The monoisotopic (exact) mass is 169 g/mol. The molecule has 0 atom stereocenters. The van der Waals surface area contributed by atoms with Crippen LogP contribution >= 0.6 is 34.8 Å². The molecule has 0 aromatic carbocycles. The first kappa shape index (κ1) is 6.13. The molecule has 8 heavy (non-hydrogen) atoms. The normalized spacial score (nSPS) is 9.25. The van der Waals surface area contributed by atoms with Crippen molar-refractivity contribution >= 4 is 34.8 Å². The van der Waals surface area contributed by atoms with E-state index in [4.69, 9.17) is 23.5 Å². The third-order valence-electron chi connectivity index (χ3n) is 0.522. The molecule has 1 aromatic rings. The Labute approximate surface area is 60.2 Å². The van der Waals surface area contributed by atoms with Gasteiger partial charge in [-0.2, -0.15) is 0 Å². The van der Waals surface area contributed by atoms with Crippen LogP contribution in [-0.4, -0.2) is 4.98 Å². The first-order valence-corrected chi connectivity index (χ1v) is 3.23. The molecule has 5 heteroatoms. The van der Waals surface area contributed by atoms with Crippen molar-refractivity contribution in [2.75, 3.05) is 0 Å². The van der Waals surface area contributed by atoms with Gasteiger partial charge in [-0.15, -0.1) is 0 Å². The Morgan fingerprint density at radius 2 is 2.50 bits per heavy atom. The minimum Gasteiger partial charge on any atom is -0.353 e. The van der Waals surface area contributed by atoms with Crippen molar-refractivity contribution in [3.05, 3.63) is 10.5 Å². The van der Waals surface area contributed by atoms with E-state index in [-0.39, 0.29) is 0 Å². The molecule has 0 fully saturated rings. The molecule has 0 unspecified atom stereocenters. The SMILES string of the molecule is ClOc1ncc(Cl)s1. The molecule has 1 aromatic heterocycles. The van der Waals surface area contributed by atoms with E-state index in [2.05, 4.69) is 9.27 Å². The number of hydrogen-bond acceptors (Lipinski definition) is 3. The Bertz CT molecular complexity index is 178. The summed E-state index contributed by atoms with van der Waals surface area (Å²) in [6, 6.07) is 0. The second-order valence-corrected chi connectivity index (χ2v) is 2.79. The Balaban J connectivity index is 2.84. The fraction of sp³-hybridized carbons (Fsp3) is 0. The lowest BCUT2D eigenvalue weighted by atomic mass is 11.0. The Hall–Kier alpha value is 0.01000. The van der Waals surface area contributed by atoms with Crippen LogP contribution in [0.3, 0.4) is 0 Å². The van der Waals surface area contributed by atoms with E-state index >= 15 is 0 Å². The van der Waals surface area contributed by atoms with E-state index in [9.17, 15) is 0 Å². The molecule has 0 saturated carbocycles. The third kappa shape index (κ3) is 1.24. The molecule has 0 aliphatic carbocycles. The Kier molecular flexibility index (Phi) is 1.94. The van der Waals surface area contributed by atoms with Gasteiger partial charge < -0.3 is 4.29 Å². The zero-order chi connectivity index (χ0) is 5.98. The first-order valence-electron chi connectivity index (χ1n) is 1.73. The highest BCUT2D eigenvalue weighted by Crippen LogP contribution is 2.24. The average molecular weight is 170 g/mol. The van der Waals surface area contributed by atoms with Crippen LogP contribution in [0, 0.1) is 0 Å². The number of aromatic nitrogens is 1. The van der Waals surface area contributed by atoms with Gasteiger partial charge in [-0.05, 0) is 0 Å². The van der Waals surface area contributed by atoms with Gasteiger partial charge in [-0.25, -0.2) is 4.98 Å². The number of halogens is 2. The molecule has 0 aliphatic heterocycles. The van der Waals surface area contributed by atoms with Crippen LogP contribution in [0.5, 0.6) is 5.19 Å². The van der Waals surface area contributed by atoms with Gasteiger partial charge in [-0.3, -0.25) is 0 Å². The molecule has 1 rings (SSSR count). The molecule has 0 aliphatic rings. The van der Waals surface area contributed by atoms with E-state index in [0.29, 0.717) is 9.53 Å². The van der Waals surface area contributed by atoms with Crippen LogP contribution in [0.2, 0.25) is 4.34 Å². The summed E-state index contributed by atoms with van der Waals surface area (Å²) >= 11 is 11.6. The summed E-state index contributed by atoms with van der Waals surface area (Å²) in [5, 5.41) is 0.372. The van der Waals surface area contributed by atoms with Crippen molar-refractivity contribution in [1.29, 1.82) is 0 Å². The van der Waals surface area contributed by atoms with Crippen LogP contribution in [0.15, 0.2) is 6.20 Å². The lowest BCUT2D eigenvalue weighted by Crippen LogP contribution is -1.66. The van der Waals surface area contributed by atoms with Crippen molar-refractivity contribution in [1.82, 2.24) is 4.98 Å². The van der Waals surface area contributed by atoms with Crippen molar-refractivity contribution < 1.29 is 4.29 Å². The van der Waals surface area contributed by atoms with E-state index in [1.165, 1.54) is 17.5 Å². The highest BCUT2D eigenvalue weighted by atomic mass is 35.5. The maximum absolute atomic E-state index is 5.46. The zero-order valence-electron chi connectivity index (χ0n) is 3.60. The van der Waals surface area contributed by atoms with Gasteiger partial charge in [-0.1, -0.05) is 22.9 Å². The summed E-state index contributed by atoms with van der Waals surface area (Å²) in [7, 11) is 0. The quantitative estimate of drug-likeness (QED) is 0.645. The van der Waals surface area contributed by atoms with Gasteiger partial charge in [0.2, 0.25) is 0 Å². The number of rotatable bonds is 1. The van der Waals surface area contributed by atoms with Crippen molar-refractivity contribution in [3.8, 4) is 5.19 Å². The van der Waals surface area contributed by atoms with E-state index in [0.717, 1.165) is 0 Å². The van der Waals surface area contributed by atoms with E-state index in [1.807, 2.05) is 0 Å². The summed E-state index contributed by atoms with van der Waals surface area (Å²) in [4.78, 5) is 3.67. The Morgan fingerprint density at radius 3 is 2.75 bits per heavy atom. The van der Waals surface area contributed by atoms with Gasteiger partial charge in [0, 0.05) is 0 Å².